The number of methoxy groups -OCH3 is 1. The standard InChI is InChI=1S/C30H28ClFN6O2S/c1-19-33-15-16-37(19)23-12-8-22(9-13-23)34-27(39)18-41-29-36-35-28(38(29)24-10-6-21(32)7-11-24)30(2,3)20-5-14-25(31)26(17-20)40-4/h5-17H,18H2,1-4H3,(H,34,39). The molecule has 0 bridgehead atoms. The second kappa shape index (κ2) is 11.8. The largest absolute Gasteiger partial charge is 0.495 e. The van der Waals surface area contributed by atoms with Gasteiger partial charge in [-0.1, -0.05) is 29.4 Å². The summed E-state index contributed by atoms with van der Waals surface area (Å²) in [6.45, 7) is 5.95. The highest BCUT2D eigenvalue weighted by Gasteiger charge is 2.32. The minimum atomic E-state index is -0.643. The third kappa shape index (κ3) is 5.98. The highest BCUT2D eigenvalue weighted by molar-refractivity contribution is 7.99. The Balaban J connectivity index is 1.38. The molecule has 0 unspecified atom stereocenters. The lowest BCUT2D eigenvalue weighted by Crippen LogP contribution is -2.24. The number of benzene rings is 3. The smallest absolute Gasteiger partial charge is 0.234 e. The number of ether oxygens (including phenoxy) is 1. The van der Waals surface area contributed by atoms with E-state index in [-0.39, 0.29) is 17.5 Å². The molecule has 0 fully saturated rings. The number of aryl methyl sites for hydroxylation is 1. The van der Waals surface area contributed by atoms with Gasteiger partial charge >= 0.3 is 0 Å². The van der Waals surface area contributed by atoms with Crippen LogP contribution in [-0.4, -0.2) is 43.1 Å². The predicted octanol–water partition coefficient (Wildman–Crippen LogP) is 6.62. The molecule has 1 N–H and O–H groups in total. The van der Waals surface area contributed by atoms with Gasteiger partial charge in [0.15, 0.2) is 5.16 Å². The van der Waals surface area contributed by atoms with Crippen LogP contribution in [0.3, 0.4) is 0 Å². The van der Waals surface area contributed by atoms with E-state index in [1.807, 2.05) is 72.5 Å². The minimum absolute atomic E-state index is 0.0942. The van der Waals surface area contributed by atoms with E-state index in [4.69, 9.17) is 16.3 Å². The van der Waals surface area contributed by atoms with Crippen LogP contribution in [-0.2, 0) is 10.2 Å². The molecule has 2 heterocycles. The van der Waals surface area contributed by atoms with Crippen LogP contribution >= 0.6 is 23.4 Å². The van der Waals surface area contributed by atoms with Gasteiger partial charge in [-0.25, -0.2) is 9.37 Å². The van der Waals surface area contributed by atoms with Crippen molar-refractivity contribution in [2.75, 3.05) is 18.2 Å². The van der Waals surface area contributed by atoms with Crippen LogP contribution in [0.4, 0.5) is 10.1 Å². The Morgan fingerprint density at radius 1 is 1.05 bits per heavy atom. The highest BCUT2D eigenvalue weighted by Crippen LogP contribution is 2.37. The zero-order valence-corrected chi connectivity index (χ0v) is 24.5. The molecule has 0 atom stereocenters. The van der Waals surface area contributed by atoms with Crippen molar-refractivity contribution in [3.8, 4) is 17.1 Å². The quantitative estimate of drug-likeness (QED) is 0.194. The zero-order chi connectivity index (χ0) is 29.1. The van der Waals surface area contributed by atoms with Crippen molar-refractivity contribution >= 4 is 35.0 Å². The van der Waals surface area contributed by atoms with Crippen LogP contribution in [0.5, 0.6) is 5.75 Å². The monoisotopic (exact) mass is 590 g/mol. The van der Waals surface area contributed by atoms with E-state index in [1.54, 1.807) is 31.5 Å². The average molecular weight is 591 g/mol. The van der Waals surface area contributed by atoms with Crippen LogP contribution in [0.15, 0.2) is 84.3 Å². The van der Waals surface area contributed by atoms with E-state index in [2.05, 4.69) is 20.5 Å². The molecule has 0 spiro atoms. The maximum atomic E-state index is 13.8. The Morgan fingerprint density at radius 2 is 1.76 bits per heavy atom. The molecule has 5 rings (SSSR count). The number of nitrogens with one attached hydrogen (secondary N) is 1. The zero-order valence-electron chi connectivity index (χ0n) is 22.9. The summed E-state index contributed by atoms with van der Waals surface area (Å²) in [6.07, 6.45) is 3.63. The van der Waals surface area contributed by atoms with Crippen molar-refractivity contribution in [1.82, 2.24) is 24.3 Å². The Labute approximate surface area is 246 Å². The number of nitrogens with zero attached hydrogens (tertiary/aromatic N) is 5. The second-order valence-corrected chi connectivity index (χ2v) is 11.2. The van der Waals surface area contributed by atoms with Gasteiger partial charge in [0.05, 0.1) is 23.3 Å². The van der Waals surface area contributed by atoms with Crippen molar-refractivity contribution < 1.29 is 13.9 Å². The molecular weight excluding hydrogens is 563 g/mol. The number of carbonyl (C=O) groups is 1. The van der Waals surface area contributed by atoms with E-state index in [0.717, 1.165) is 17.1 Å². The van der Waals surface area contributed by atoms with Crippen LogP contribution in [0.2, 0.25) is 5.02 Å². The van der Waals surface area contributed by atoms with Crippen LogP contribution in [0.1, 0.15) is 31.1 Å². The Hall–Kier alpha value is -4.15. The van der Waals surface area contributed by atoms with Crippen molar-refractivity contribution in [3.05, 3.63) is 107 Å². The van der Waals surface area contributed by atoms with Gasteiger partial charge in [0.1, 0.15) is 23.2 Å². The fourth-order valence-corrected chi connectivity index (χ4v) is 5.40. The number of thioether (sulfide) groups is 1. The van der Waals surface area contributed by atoms with Crippen LogP contribution in [0, 0.1) is 12.7 Å². The van der Waals surface area contributed by atoms with Gasteiger partial charge in [-0.15, -0.1) is 10.2 Å². The first-order valence-corrected chi connectivity index (χ1v) is 14.1. The average Bonchev–Trinajstić information content (AvgIpc) is 3.59. The summed E-state index contributed by atoms with van der Waals surface area (Å²) in [7, 11) is 1.56. The first kappa shape index (κ1) is 28.4. The van der Waals surface area contributed by atoms with Gasteiger partial charge < -0.3 is 14.6 Å². The maximum absolute atomic E-state index is 13.8. The number of rotatable bonds is 9. The second-order valence-electron chi connectivity index (χ2n) is 9.82. The summed E-state index contributed by atoms with van der Waals surface area (Å²) in [5.41, 5.74) is 2.56. The minimum Gasteiger partial charge on any atom is -0.495 e. The fourth-order valence-electron chi connectivity index (χ4n) is 4.45. The SMILES string of the molecule is COc1cc(C(C)(C)c2nnc(SCC(=O)Nc3ccc(-n4ccnc4C)cc3)n2-c2ccc(F)cc2)ccc1Cl. The lowest BCUT2D eigenvalue weighted by Gasteiger charge is -2.26. The molecule has 0 aliphatic heterocycles. The number of imidazole rings is 1. The van der Waals surface area contributed by atoms with Gasteiger partial charge in [-0.2, -0.15) is 0 Å². The Bertz CT molecular complexity index is 1680. The number of halogens is 2. The summed E-state index contributed by atoms with van der Waals surface area (Å²) < 4.78 is 23.0. The molecule has 8 nitrogen and oxygen atoms in total. The van der Waals surface area contributed by atoms with Crippen molar-refractivity contribution in [2.24, 2.45) is 0 Å². The molecule has 41 heavy (non-hydrogen) atoms. The molecule has 11 heteroatoms. The first-order valence-electron chi connectivity index (χ1n) is 12.8. The van der Waals surface area contributed by atoms with E-state index in [9.17, 15) is 9.18 Å². The van der Waals surface area contributed by atoms with Crippen molar-refractivity contribution in [3.63, 3.8) is 0 Å². The number of aromatic nitrogens is 5. The van der Waals surface area contributed by atoms with Gasteiger partial charge in [-0.3, -0.25) is 9.36 Å². The molecule has 0 radical (unpaired) electrons. The molecule has 0 aliphatic rings. The van der Waals surface area contributed by atoms with Gasteiger partial charge in [0.25, 0.3) is 0 Å². The molecule has 210 valence electrons. The number of anilines is 1. The van der Waals surface area contributed by atoms with Crippen molar-refractivity contribution in [2.45, 2.75) is 31.3 Å². The summed E-state index contributed by atoms with van der Waals surface area (Å²) in [6, 6.07) is 19.2. The topological polar surface area (TPSA) is 86.9 Å². The summed E-state index contributed by atoms with van der Waals surface area (Å²) in [5.74, 6) is 1.58. The molecule has 3 aromatic carbocycles. The Morgan fingerprint density at radius 3 is 2.41 bits per heavy atom. The molecule has 0 saturated carbocycles. The first-order chi connectivity index (χ1) is 19.7. The maximum Gasteiger partial charge on any atom is 0.234 e. The number of amides is 1. The number of carbonyl (C=O) groups excluding carboxylic acids is 1. The van der Waals surface area contributed by atoms with Crippen LogP contribution < -0.4 is 10.1 Å². The van der Waals surface area contributed by atoms with Crippen molar-refractivity contribution in [1.29, 1.82) is 0 Å². The van der Waals surface area contributed by atoms with Gasteiger partial charge in [0, 0.05) is 29.5 Å². The summed E-state index contributed by atoms with van der Waals surface area (Å²) >= 11 is 7.51. The molecule has 0 saturated heterocycles. The predicted molar refractivity (Wildman–Crippen MR) is 159 cm³/mol. The lowest BCUT2D eigenvalue weighted by atomic mass is 9.83. The molecule has 2 aromatic heterocycles. The molecule has 5 aromatic rings. The molecule has 0 aliphatic carbocycles. The van der Waals surface area contributed by atoms with Crippen LogP contribution in [0.25, 0.3) is 11.4 Å². The van der Waals surface area contributed by atoms with E-state index >= 15 is 0 Å². The number of hydrogen-bond donors (Lipinski definition) is 1. The lowest BCUT2D eigenvalue weighted by molar-refractivity contribution is -0.113. The van der Waals surface area contributed by atoms with E-state index < -0.39 is 5.41 Å². The summed E-state index contributed by atoms with van der Waals surface area (Å²) in [4.78, 5) is 17.1. The summed E-state index contributed by atoms with van der Waals surface area (Å²) in [5, 5.41) is 12.9. The van der Waals surface area contributed by atoms with E-state index in [1.165, 1.54) is 23.9 Å². The normalized spacial score (nSPS) is 11.5. The third-order valence-corrected chi connectivity index (χ3v) is 7.98. The third-order valence-electron chi connectivity index (χ3n) is 6.74. The Kier molecular flexibility index (Phi) is 8.14. The highest BCUT2D eigenvalue weighted by atomic mass is 35.5. The molecule has 1 amide bonds. The van der Waals surface area contributed by atoms with Gasteiger partial charge in [-0.05, 0) is 87.0 Å². The number of hydrogen-bond acceptors (Lipinski definition) is 6. The van der Waals surface area contributed by atoms with E-state index in [0.29, 0.717) is 33.1 Å². The fraction of sp³-hybridized carbons (Fsp3) is 0.200. The molecular formula is C30H28ClFN6O2S. The van der Waals surface area contributed by atoms with Gasteiger partial charge in [0.2, 0.25) is 5.91 Å².